The van der Waals surface area contributed by atoms with Gasteiger partial charge in [-0.2, -0.15) is 0 Å². The summed E-state index contributed by atoms with van der Waals surface area (Å²) < 4.78 is 9.45. The predicted molar refractivity (Wildman–Crippen MR) is 44.8 cm³/mol. The topological polar surface area (TPSA) is 64.4 Å². The highest BCUT2D eigenvalue weighted by molar-refractivity contribution is 5.69. The Morgan fingerprint density at radius 1 is 1.77 bits per heavy atom. The molecule has 1 rings (SSSR count). The zero-order valence-electron chi connectivity index (χ0n) is 7.45. The van der Waals surface area contributed by atoms with Gasteiger partial charge >= 0.3 is 5.97 Å². The number of oxazole rings is 1. The molecular formula is C8H12N2O3. The van der Waals surface area contributed by atoms with Gasteiger partial charge in [-0.25, -0.2) is 4.98 Å². The molecule has 72 valence electrons. The van der Waals surface area contributed by atoms with Crippen molar-refractivity contribution in [3.8, 4) is 0 Å². The number of ether oxygens (including phenoxy) is 1. The van der Waals surface area contributed by atoms with E-state index in [2.05, 4.69) is 15.0 Å². The third kappa shape index (κ3) is 3.71. The van der Waals surface area contributed by atoms with Gasteiger partial charge in [0.1, 0.15) is 5.76 Å². The van der Waals surface area contributed by atoms with E-state index in [0.717, 1.165) is 5.76 Å². The predicted octanol–water partition coefficient (Wildman–Crippen LogP) is 0.327. The molecule has 0 unspecified atom stereocenters. The zero-order chi connectivity index (χ0) is 9.52. The Morgan fingerprint density at radius 3 is 3.23 bits per heavy atom. The summed E-state index contributed by atoms with van der Waals surface area (Å²) in [6.45, 7) is 1.16. The SMILES string of the molecule is COC(=O)CCNCc1cnco1. The lowest BCUT2D eigenvalue weighted by Crippen LogP contribution is -2.18. The molecule has 13 heavy (non-hydrogen) atoms. The van der Waals surface area contributed by atoms with Gasteiger partial charge in [0.15, 0.2) is 6.39 Å². The Bertz CT molecular complexity index is 246. The Kier molecular flexibility index (Phi) is 3.98. The van der Waals surface area contributed by atoms with Crippen LogP contribution in [0.1, 0.15) is 12.2 Å². The number of nitrogens with one attached hydrogen (secondary N) is 1. The number of methoxy groups -OCH3 is 1. The second-order valence-electron chi connectivity index (χ2n) is 2.47. The second-order valence-corrected chi connectivity index (χ2v) is 2.47. The number of hydrogen-bond acceptors (Lipinski definition) is 5. The lowest BCUT2D eigenvalue weighted by molar-refractivity contribution is -0.140. The van der Waals surface area contributed by atoms with Crippen LogP contribution in [-0.4, -0.2) is 24.6 Å². The van der Waals surface area contributed by atoms with Gasteiger partial charge in [-0.3, -0.25) is 4.79 Å². The van der Waals surface area contributed by atoms with Crippen LogP contribution in [-0.2, 0) is 16.1 Å². The molecule has 0 aliphatic carbocycles. The van der Waals surface area contributed by atoms with E-state index in [0.29, 0.717) is 19.5 Å². The molecule has 0 radical (unpaired) electrons. The highest BCUT2D eigenvalue weighted by Crippen LogP contribution is 1.94. The van der Waals surface area contributed by atoms with E-state index in [4.69, 9.17) is 4.42 Å². The molecule has 0 fully saturated rings. The van der Waals surface area contributed by atoms with E-state index < -0.39 is 0 Å². The lowest BCUT2D eigenvalue weighted by Gasteiger charge is -2.00. The normalized spacial score (nSPS) is 9.92. The van der Waals surface area contributed by atoms with Crippen LogP contribution in [0.15, 0.2) is 17.0 Å². The quantitative estimate of drug-likeness (QED) is 0.527. The van der Waals surface area contributed by atoms with Crippen molar-refractivity contribution in [1.82, 2.24) is 10.3 Å². The van der Waals surface area contributed by atoms with E-state index in [1.165, 1.54) is 13.5 Å². The Balaban J connectivity index is 2.05. The molecule has 0 spiro atoms. The van der Waals surface area contributed by atoms with Crippen molar-refractivity contribution in [2.75, 3.05) is 13.7 Å². The summed E-state index contributed by atoms with van der Waals surface area (Å²) in [6.07, 6.45) is 3.37. The number of aromatic nitrogens is 1. The molecule has 5 nitrogen and oxygen atoms in total. The number of esters is 1. The summed E-state index contributed by atoms with van der Waals surface area (Å²) in [7, 11) is 1.37. The van der Waals surface area contributed by atoms with Gasteiger partial charge in [0.2, 0.25) is 0 Å². The van der Waals surface area contributed by atoms with Crippen molar-refractivity contribution in [2.24, 2.45) is 0 Å². The standard InChI is InChI=1S/C8H12N2O3/c1-12-8(11)2-3-9-4-7-5-10-6-13-7/h5-6,9H,2-4H2,1H3. The summed E-state index contributed by atoms with van der Waals surface area (Å²) in [5, 5.41) is 3.02. The average Bonchev–Trinajstić information content (AvgIpc) is 2.64. The maximum Gasteiger partial charge on any atom is 0.306 e. The number of nitrogens with zero attached hydrogens (tertiary/aromatic N) is 1. The van der Waals surface area contributed by atoms with Gasteiger partial charge in [0.05, 0.1) is 26.3 Å². The molecule has 1 aromatic rings. The number of carbonyl (C=O) groups is 1. The van der Waals surface area contributed by atoms with E-state index in [9.17, 15) is 4.79 Å². The first kappa shape index (κ1) is 9.73. The van der Waals surface area contributed by atoms with Gasteiger partial charge in [0, 0.05) is 6.54 Å². The summed E-state index contributed by atoms with van der Waals surface area (Å²) in [6, 6.07) is 0. The van der Waals surface area contributed by atoms with Gasteiger partial charge in [-0.15, -0.1) is 0 Å². The largest absolute Gasteiger partial charge is 0.469 e. The second kappa shape index (κ2) is 5.31. The molecule has 1 aromatic heterocycles. The van der Waals surface area contributed by atoms with Crippen molar-refractivity contribution in [3.63, 3.8) is 0 Å². The minimum absolute atomic E-state index is 0.218. The van der Waals surface area contributed by atoms with Crippen LogP contribution in [0.4, 0.5) is 0 Å². The fourth-order valence-corrected chi connectivity index (χ4v) is 0.834. The van der Waals surface area contributed by atoms with Gasteiger partial charge in [-0.1, -0.05) is 0 Å². The molecule has 0 saturated carbocycles. The van der Waals surface area contributed by atoms with Crippen LogP contribution in [0.25, 0.3) is 0 Å². The van der Waals surface area contributed by atoms with E-state index >= 15 is 0 Å². The monoisotopic (exact) mass is 184 g/mol. The van der Waals surface area contributed by atoms with E-state index in [-0.39, 0.29) is 5.97 Å². The molecule has 0 saturated heterocycles. The van der Waals surface area contributed by atoms with Crippen LogP contribution in [0.3, 0.4) is 0 Å². The summed E-state index contributed by atoms with van der Waals surface area (Å²) >= 11 is 0. The summed E-state index contributed by atoms with van der Waals surface area (Å²) in [5.74, 6) is 0.537. The molecule has 1 N–H and O–H groups in total. The fraction of sp³-hybridized carbons (Fsp3) is 0.500. The van der Waals surface area contributed by atoms with Gasteiger partial charge < -0.3 is 14.5 Å². The van der Waals surface area contributed by atoms with Gasteiger partial charge in [-0.05, 0) is 0 Å². The molecule has 0 aromatic carbocycles. The van der Waals surface area contributed by atoms with Crippen molar-refractivity contribution in [2.45, 2.75) is 13.0 Å². The van der Waals surface area contributed by atoms with Crippen LogP contribution in [0, 0.1) is 0 Å². The zero-order valence-corrected chi connectivity index (χ0v) is 7.45. The Labute approximate surface area is 76.1 Å². The van der Waals surface area contributed by atoms with E-state index in [1.54, 1.807) is 6.20 Å². The van der Waals surface area contributed by atoms with Crippen molar-refractivity contribution < 1.29 is 13.9 Å². The molecule has 5 heteroatoms. The minimum Gasteiger partial charge on any atom is -0.469 e. The highest BCUT2D eigenvalue weighted by Gasteiger charge is 1.99. The molecule has 0 atom stereocenters. The highest BCUT2D eigenvalue weighted by atomic mass is 16.5. The summed E-state index contributed by atoms with van der Waals surface area (Å²) in [5.41, 5.74) is 0. The maximum atomic E-state index is 10.7. The molecule has 0 amide bonds. The number of rotatable bonds is 5. The van der Waals surface area contributed by atoms with Crippen molar-refractivity contribution >= 4 is 5.97 Å². The van der Waals surface area contributed by atoms with Crippen LogP contribution >= 0.6 is 0 Å². The Morgan fingerprint density at radius 2 is 2.62 bits per heavy atom. The number of carbonyl (C=O) groups excluding carboxylic acids is 1. The lowest BCUT2D eigenvalue weighted by atomic mass is 10.4. The number of hydrogen-bond donors (Lipinski definition) is 1. The van der Waals surface area contributed by atoms with Crippen LogP contribution < -0.4 is 5.32 Å². The maximum absolute atomic E-state index is 10.7. The smallest absolute Gasteiger partial charge is 0.306 e. The van der Waals surface area contributed by atoms with Crippen molar-refractivity contribution in [1.29, 1.82) is 0 Å². The molecule has 0 aliphatic rings. The van der Waals surface area contributed by atoms with Crippen molar-refractivity contribution in [3.05, 3.63) is 18.4 Å². The first-order chi connectivity index (χ1) is 6.33. The minimum atomic E-state index is -0.218. The molecular weight excluding hydrogens is 172 g/mol. The van der Waals surface area contributed by atoms with E-state index in [1.807, 2.05) is 0 Å². The molecule has 1 heterocycles. The first-order valence-electron chi connectivity index (χ1n) is 3.98. The Hall–Kier alpha value is -1.36. The average molecular weight is 184 g/mol. The molecule has 0 aliphatic heterocycles. The fourth-order valence-electron chi connectivity index (χ4n) is 0.834. The van der Waals surface area contributed by atoms with Crippen LogP contribution in [0.2, 0.25) is 0 Å². The summed E-state index contributed by atoms with van der Waals surface area (Å²) in [4.78, 5) is 14.4. The van der Waals surface area contributed by atoms with Gasteiger partial charge in [0.25, 0.3) is 0 Å². The molecule has 0 bridgehead atoms. The van der Waals surface area contributed by atoms with Crippen LogP contribution in [0.5, 0.6) is 0 Å². The third-order valence-corrected chi connectivity index (χ3v) is 1.52. The first-order valence-corrected chi connectivity index (χ1v) is 3.98. The third-order valence-electron chi connectivity index (χ3n) is 1.52.